The van der Waals surface area contributed by atoms with Crippen molar-refractivity contribution in [2.45, 2.75) is 25.4 Å². The largest absolute Gasteiger partial charge is 0.326 e. The molecule has 0 aromatic heterocycles. The second-order valence-corrected chi connectivity index (χ2v) is 5.86. The first kappa shape index (κ1) is 13.3. The topological polar surface area (TPSA) is 29.3 Å². The number of likely N-dealkylation sites (tertiary alicyclic amines) is 1. The molecule has 2 heteroatoms. The molecule has 1 aliphatic rings. The van der Waals surface area contributed by atoms with Crippen LogP contribution in [0, 0.1) is 6.92 Å². The lowest BCUT2D eigenvalue weighted by atomic mass is 9.94. The fraction of sp³-hybridized carbons (Fsp3) is 0.333. The lowest BCUT2D eigenvalue weighted by Gasteiger charge is -2.16. The maximum Gasteiger partial charge on any atom is 0.0250 e. The van der Waals surface area contributed by atoms with Crippen molar-refractivity contribution >= 4 is 0 Å². The van der Waals surface area contributed by atoms with Gasteiger partial charge in [-0.05, 0) is 18.1 Å². The van der Waals surface area contributed by atoms with Crippen LogP contribution in [0.15, 0.2) is 54.6 Å². The summed E-state index contributed by atoms with van der Waals surface area (Å²) in [5, 5.41) is 0. The second-order valence-electron chi connectivity index (χ2n) is 5.86. The van der Waals surface area contributed by atoms with Crippen molar-refractivity contribution in [1.29, 1.82) is 0 Å². The Hall–Kier alpha value is -1.64. The van der Waals surface area contributed by atoms with Crippen molar-refractivity contribution in [3.63, 3.8) is 0 Å². The zero-order chi connectivity index (χ0) is 13.9. The first-order valence-electron chi connectivity index (χ1n) is 7.31. The number of rotatable bonds is 3. The molecule has 1 aliphatic heterocycles. The van der Waals surface area contributed by atoms with Crippen LogP contribution < -0.4 is 5.73 Å². The summed E-state index contributed by atoms with van der Waals surface area (Å²) in [5.74, 6) is 0.458. The Balaban J connectivity index is 1.69. The highest BCUT2D eigenvalue weighted by atomic mass is 15.2. The molecule has 2 aromatic carbocycles. The van der Waals surface area contributed by atoms with Crippen molar-refractivity contribution in [2.75, 3.05) is 13.1 Å². The van der Waals surface area contributed by atoms with E-state index in [0.29, 0.717) is 5.92 Å². The van der Waals surface area contributed by atoms with Crippen LogP contribution in [0.4, 0.5) is 0 Å². The van der Waals surface area contributed by atoms with E-state index in [1.165, 1.54) is 16.7 Å². The van der Waals surface area contributed by atoms with Crippen LogP contribution in [0.1, 0.15) is 22.6 Å². The van der Waals surface area contributed by atoms with Gasteiger partial charge in [0.2, 0.25) is 0 Å². The molecular formula is C18H22N2. The standard InChI is InChI=1S/C18H22N2/c1-14-7-9-16(10-8-14)17-12-20(13-18(17)19)11-15-5-3-2-4-6-15/h2-10,17-18H,11-13,19H2,1H3/t17-,18+/m0/s1. The molecule has 0 unspecified atom stereocenters. The normalized spacial score (nSPS) is 23.1. The predicted octanol–water partition coefficient (Wildman–Crippen LogP) is 2.92. The van der Waals surface area contributed by atoms with Crippen molar-refractivity contribution in [3.8, 4) is 0 Å². The maximum absolute atomic E-state index is 6.35. The Labute approximate surface area is 121 Å². The maximum atomic E-state index is 6.35. The quantitative estimate of drug-likeness (QED) is 0.925. The molecule has 0 amide bonds. The molecule has 1 heterocycles. The highest BCUT2D eigenvalue weighted by Crippen LogP contribution is 2.27. The van der Waals surface area contributed by atoms with E-state index in [2.05, 4.69) is 66.4 Å². The van der Waals surface area contributed by atoms with Crippen LogP contribution in [0.5, 0.6) is 0 Å². The number of hydrogen-bond donors (Lipinski definition) is 1. The summed E-state index contributed by atoms with van der Waals surface area (Å²) < 4.78 is 0. The van der Waals surface area contributed by atoms with Gasteiger partial charge in [0.05, 0.1) is 0 Å². The molecule has 0 spiro atoms. The molecular weight excluding hydrogens is 244 g/mol. The zero-order valence-electron chi connectivity index (χ0n) is 12.0. The molecule has 2 nitrogen and oxygen atoms in total. The predicted molar refractivity (Wildman–Crippen MR) is 83.6 cm³/mol. The van der Waals surface area contributed by atoms with Gasteiger partial charge in [-0.15, -0.1) is 0 Å². The third-order valence-electron chi connectivity index (χ3n) is 4.20. The van der Waals surface area contributed by atoms with Crippen molar-refractivity contribution in [3.05, 3.63) is 71.3 Å². The van der Waals surface area contributed by atoms with E-state index in [4.69, 9.17) is 5.73 Å². The minimum Gasteiger partial charge on any atom is -0.326 e. The molecule has 104 valence electrons. The molecule has 0 bridgehead atoms. The van der Waals surface area contributed by atoms with Gasteiger partial charge in [0.1, 0.15) is 0 Å². The highest BCUT2D eigenvalue weighted by Gasteiger charge is 2.30. The van der Waals surface area contributed by atoms with E-state index in [1.807, 2.05) is 0 Å². The number of aryl methyl sites for hydroxylation is 1. The molecule has 0 radical (unpaired) electrons. The Bertz CT molecular complexity index is 547. The summed E-state index contributed by atoms with van der Waals surface area (Å²) in [4.78, 5) is 2.46. The molecule has 0 aliphatic carbocycles. The minimum absolute atomic E-state index is 0.237. The van der Waals surface area contributed by atoms with E-state index in [1.54, 1.807) is 0 Å². The summed E-state index contributed by atoms with van der Waals surface area (Å²) in [5.41, 5.74) is 10.4. The first-order chi connectivity index (χ1) is 9.72. The van der Waals surface area contributed by atoms with Gasteiger partial charge in [0.25, 0.3) is 0 Å². The average molecular weight is 266 g/mol. The lowest BCUT2D eigenvalue weighted by molar-refractivity contribution is 0.324. The van der Waals surface area contributed by atoms with Gasteiger partial charge in [0, 0.05) is 31.6 Å². The summed E-state index contributed by atoms with van der Waals surface area (Å²) in [6.07, 6.45) is 0. The molecule has 1 saturated heterocycles. The molecule has 1 fully saturated rings. The van der Waals surface area contributed by atoms with Crippen LogP contribution in [0.25, 0.3) is 0 Å². The summed E-state index contributed by atoms with van der Waals surface area (Å²) in [6, 6.07) is 19.7. The molecule has 2 aromatic rings. The Morgan fingerprint density at radius 3 is 2.40 bits per heavy atom. The zero-order valence-corrected chi connectivity index (χ0v) is 12.0. The molecule has 2 atom stereocenters. The Kier molecular flexibility index (Phi) is 3.86. The summed E-state index contributed by atoms with van der Waals surface area (Å²) in [6.45, 7) is 5.16. The van der Waals surface area contributed by atoms with Gasteiger partial charge in [-0.3, -0.25) is 4.90 Å². The van der Waals surface area contributed by atoms with Crippen LogP contribution in [-0.4, -0.2) is 24.0 Å². The number of hydrogen-bond acceptors (Lipinski definition) is 2. The van der Waals surface area contributed by atoms with Gasteiger partial charge in [-0.2, -0.15) is 0 Å². The smallest absolute Gasteiger partial charge is 0.0250 e. The van der Waals surface area contributed by atoms with E-state index in [0.717, 1.165) is 19.6 Å². The van der Waals surface area contributed by atoms with Crippen molar-refractivity contribution in [1.82, 2.24) is 4.90 Å². The van der Waals surface area contributed by atoms with Crippen LogP contribution in [-0.2, 0) is 6.54 Å². The fourth-order valence-corrected chi connectivity index (χ4v) is 3.05. The van der Waals surface area contributed by atoms with Crippen molar-refractivity contribution < 1.29 is 0 Å². The van der Waals surface area contributed by atoms with Gasteiger partial charge in [0.15, 0.2) is 0 Å². The highest BCUT2D eigenvalue weighted by molar-refractivity contribution is 5.27. The third kappa shape index (κ3) is 2.92. The average Bonchev–Trinajstić information content (AvgIpc) is 2.81. The van der Waals surface area contributed by atoms with E-state index in [-0.39, 0.29) is 6.04 Å². The fourth-order valence-electron chi connectivity index (χ4n) is 3.05. The summed E-state index contributed by atoms with van der Waals surface area (Å²) in [7, 11) is 0. The van der Waals surface area contributed by atoms with Crippen LogP contribution in [0.3, 0.4) is 0 Å². The van der Waals surface area contributed by atoms with Gasteiger partial charge in [-0.1, -0.05) is 60.2 Å². The Morgan fingerprint density at radius 1 is 1.00 bits per heavy atom. The lowest BCUT2D eigenvalue weighted by Crippen LogP contribution is -2.28. The van der Waals surface area contributed by atoms with Crippen LogP contribution in [0.2, 0.25) is 0 Å². The molecule has 20 heavy (non-hydrogen) atoms. The van der Waals surface area contributed by atoms with Gasteiger partial charge < -0.3 is 5.73 Å². The van der Waals surface area contributed by atoms with Gasteiger partial charge in [-0.25, -0.2) is 0 Å². The third-order valence-corrected chi connectivity index (χ3v) is 4.20. The molecule has 0 saturated carbocycles. The first-order valence-corrected chi connectivity index (χ1v) is 7.31. The van der Waals surface area contributed by atoms with E-state index >= 15 is 0 Å². The minimum atomic E-state index is 0.237. The number of nitrogens with two attached hydrogens (primary N) is 1. The monoisotopic (exact) mass is 266 g/mol. The van der Waals surface area contributed by atoms with Gasteiger partial charge >= 0.3 is 0 Å². The Morgan fingerprint density at radius 2 is 1.70 bits per heavy atom. The SMILES string of the molecule is Cc1ccc([C@@H]2CN(Cc3ccccc3)C[C@H]2N)cc1. The van der Waals surface area contributed by atoms with E-state index in [9.17, 15) is 0 Å². The summed E-state index contributed by atoms with van der Waals surface area (Å²) >= 11 is 0. The number of nitrogens with zero attached hydrogens (tertiary/aromatic N) is 1. The molecule has 3 rings (SSSR count). The second kappa shape index (κ2) is 5.78. The van der Waals surface area contributed by atoms with Crippen LogP contribution >= 0.6 is 0 Å². The van der Waals surface area contributed by atoms with E-state index < -0.39 is 0 Å². The van der Waals surface area contributed by atoms with Crippen molar-refractivity contribution in [2.24, 2.45) is 5.73 Å². The molecule has 2 N–H and O–H groups in total. The number of benzene rings is 2.